The topological polar surface area (TPSA) is 118 Å². The van der Waals surface area contributed by atoms with Crippen molar-refractivity contribution in [2.24, 2.45) is 22.7 Å². The van der Waals surface area contributed by atoms with E-state index in [9.17, 15) is 19.8 Å². The molecule has 0 aromatic carbocycles. The second kappa shape index (κ2) is 10.3. The smallest absolute Gasteiger partial charge is 0.335 e. The zero-order valence-electron chi connectivity index (χ0n) is 21.4. The molecular formula is C26H41NO7S. The maximum Gasteiger partial charge on any atom is 0.335 e. The molecule has 4 rings (SSSR count). The predicted molar refractivity (Wildman–Crippen MR) is 133 cm³/mol. The highest BCUT2D eigenvalue weighted by Crippen LogP contribution is 2.66. The summed E-state index contributed by atoms with van der Waals surface area (Å²) in [4.78, 5) is 25.3. The third kappa shape index (κ3) is 4.79. The molecule has 0 bridgehead atoms. The highest BCUT2D eigenvalue weighted by atomic mass is 32.2. The van der Waals surface area contributed by atoms with Crippen molar-refractivity contribution in [3.63, 3.8) is 0 Å². The Balaban J connectivity index is 1.66. The third-order valence-electron chi connectivity index (χ3n) is 9.55. The lowest BCUT2D eigenvalue weighted by molar-refractivity contribution is -0.178. The fourth-order valence-corrected chi connectivity index (χ4v) is 7.86. The quantitative estimate of drug-likeness (QED) is 0.299. The zero-order valence-corrected chi connectivity index (χ0v) is 22.2. The molecule has 4 aliphatic rings. The van der Waals surface area contributed by atoms with Gasteiger partial charge in [0.25, 0.3) is 0 Å². The first kappa shape index (κ1) is 26.9. The molecule has 0 amide bonds. The van der Waals surface area contributed by atoms with Crippen LogP contribution in [0.15, 0.2) is 11.6 Å². The Morgan fingerprint density at radius 3 is 2.66 bits per heavy atom. The van der Waals surface area contributed by atoms with E-state index in [0.29, 0.717) is 31.4 Å². The van der Waals surface area contributed by atoms with Gasteiger partial charge in [0.2, 0.25) is 0 Å². The van der Waals surface area contributed by atoms with Crippen molar-refractivity contribution in [2.45, 2.75) is 76.2 Å². The largest absolute Gasteiger partial charge is 0.468 e. The van der Waals surface area contributed by atoms with E-state index in [2.05, 4.69) is 12.2 Å². The van der Waals surface area contributed by atoms with Gasteiger partial charge in [0.1, 0.15) is 12.6 Å². The molecule has 3 N–H and O–H groups in total. The predicted octanol–water partition coefficient (Wildman–Crippen LogP) is 2.07. The lowest BCUT2D eigenvalue weighted by Gasteiger charge is -2.61. The summed E-state index contributed by atoms with van der Waals surface area (Å²) in [6, 6.07) is -0.921. The van der Waals surface area contributed by atoms with E-state index in [1.54, 1.807) is 11.8 Å². The Morgan fingerprint density at radius 2 is 2.09 bits per heavy atom. The van der Waals surface area contributed by atoms with E-state index in [0.717, 1.165) is 25.0 Å². The van der Waals surface area contributed by atoms with Gasteiger partial charge in [-0.1, -0.05) is 13.8 Å². The molecule has 2 aliphatic carbocycles. The Kier molecular flexibility index (Phi) is 7.94. The van der Waals surface area contributed by atoms with Crippen LogP contribution in [0.5, 0.6) is 0 Å². The number of ether oxygens (including phenoxy) is 3. The van der Waals surface area contributed by atoms with Crippen molar-refractivity contribution in [2.75, 3.05) is 38.9 Å². The standard InChI is InChI=1S/C26H41NO7S/c1-24-9-6-21(29)25(2,14-28)19(24)5-10-26(15-34-26)20(24)13-18(16-7-11-33-22(16)30)27-17(8-12-35-4)23(31)32-3/h7,17-21,27-29H,5-6,8-15H2,1-4H3/t17?,18?,19?,20-,21?,24+,25+,26+/m1/s1. The molecule has 2 saturated carbocycles. The average molecular weight is 512 g/mol. The van der Waals surface area contributed by atoms with Gasteiger partial charge in [0.05, 0.1) is 37.6 Å². The average Bonchev–Trinajstić information content (AvgIpc) is 3.49. The van der Waals surface area contributed by atoms with Crippen LogP contribution in [0.3, 0.4) is 0 Å². The number of fused-ring (bicyclic) bond motifs is 1. The van der Waals surface area contributed by atoms with E-state index >= 15 is 0 Å². The SMILES string of the molecule is COC(=O)C(CCSC)NC(C[C@H]1[C@]2(CCC3[C@](C)(CO)C(O)CC[C@@]31C)CO2)C1=CCOC1=O. The lowest BCUT2D eigenvalue weighted by atomic mass is 9.44. The van der Waals surface area contributed by atoms with Crippen LogP contribution in [0.1, 0.15) is 52.4 Å². The highest BCUT2D eigenvalue weighted by Gasteiger charge is 2.67. The Bertz CT molecular complexity index is 846. The van der Waals surface area contributed by atoms with E-state index in [4.69, 9.17) is 14.2 Å². The third-order valence-corrected chi connectivity index (χ3v) is 10.2. The van der Waals surface area contributed by atoms with Crippen molar-refractivity contribution in [3.05, 3.63) is 11.6 Å². The number of nitrogens with one attached hydrogen (secondary N) is 1. The Hall–Kier alpha value is -1.13. The van der Waals surface area contributed by atoms with Gasteiger partial charge >= 0.3 is 11.9 Å². The zero-order chi connectivity index (χ0) is 25.4. The molecule has 3 fully saturated rings. The van der Waals surface area contributed by atoms with Crippen LogP contribution in [-0.4, -0.2) is 84.9 Å². The Labute approximate surface area is 212 Å². The number of epoxide rings is 1. The van der Waals surface area contributed by atoms with Gasteiger partial charge in [-0.3, -0.25) is 10.1 Å². The molecule has 4 unspecified atom stereocenters. The van der Waals surface area contributed by atoms with Gasteiger partial charge in [-0.15, -0.1) is 0 Å². The van der Waals surface area contributed by atoms with Crippen molar-refractivity contribution in [3.8, 4) is 0 Å². The van der Waals surface area contributed by atoms with Crippen molar-refractivity contribution >= 4 is 23.7 Å². The summed E-state index contributed by atoms with van der Waals surface area (Å²) in [5, 5.41) is 24.7. The maximum absolute atomic E-state index is 12.7. The fraction of sp³-hybridized carbons (Fsp3) is 0.846. The van der Waals surface area contributed by atoms with Crippen LogP contribution < -0.4 is 5.32 Å². The normalized spacial score (nSPS) is 40.0. The monoisotopic (exact) mass is 511 g/mol. The molecule has 1 spiro atoms. The molecular weight excluding hydrogens is 470 g/mol. The summed E-state index contributed by atoms with van der Waals surface area (Å²) in [7, 11) is 1.39. The molecule has 198 valence electrons. The number of thioether (sulfide) groups is 1. The summed E-state index contributed by atoms with van der Waals surface area (Å²) < 4.78 is 16.5. The van der Waals surface area contributed by atoms with E-state index < -0.39 is 17.6 Å². The second-order valence-electron chi connectivity index (χ2n) is 11.3. The van der Waals surface area contributed by atoms with Gasteiger partial charge < -0.3 is 24.4 Å². The molecule has 8 atom stereocenters. The number of aliphatic hydroxyl groups is 2. The minimum atomic E-state index is -0.580. The maximum atomic E-state index is 12.7. The summed E-state index contributed by atoms with van der Waals surface area (Å²) in [5.74, 6) is 0.319. The lowest BCUT2D eigenvalue weighted by Crippen LogP contribution is -2.61. The molecule has 9 heteroatoms. The minimum Gasteiger partial charge on any atom is -0.468 e. The molecule has 0 aromatic heterocycles. The van der Waals surface area contributed by atoms with Crippen molar-refractivity contribution in [1.82, 2.24) is 5.32 Å². The van der Waals surface area contributed by atoms with Gasteiger partial charge in [-0.05, 0) is 73.9 Å². The van der Waals surface area contributed by atoms with E-state index in [1.165, 1.54) is 7.11 Å². The molecule has 0 radical (unpaired) electrons. The summed E-state index contributed by atoms with van der Waals surface area (Å²) >= 11 is 1.66. The molecule has 2 aliphatic heterocycles. The van der Waals surface area contributed by atoms with Crippen LogP contribution >= 0.6 is 11.8 Å². The number of hydrogen-bond acceptors (Lipinski definition) is 9. The van der Waals surface area contributed by atoms with Crippen LogP contribution in [-0.2, 0) is 23.8 Å². The first-order valence-electron chi connectivity index (χ1n) is 12.8. The number of rotatable bonds is 10. The van der Waals surface area contributed by atoms with Crippen LogP contribution in [0, 0.1) is 22.7 Å². The minimum absolute atomic E-state index is 0.0622. The van der Waals surface area contributed by atoms with E-state index in [1.807, 2.05) is 19.3 Å². The molecule has 0 aromatic rings. The Morgan fingerprint density at radius 1 is 1.34 bits per heavy atom. The van der Waals surface area contributed by atoms with Crippen LogP contribution in [0.25, 0.3) is 0 Å². The molecule has 35 heavy (non-hydrogen) atoms. The van der Waals surface area contributed by atoms with Crippen molar-refractivity contribution in [1.29, 1.82) is 0 Å². The number of carbonyl (C=O) groups excluding carboxylic acids is 2. The van der Waals surface area contributed by atoms with Crippen LogP contribution in [0.2, 0.25) is 0 Å². The van der Waals surface area contributed by atoms with Gasteiger partial charge in [0.15, 0.2) is 0 Å². The first-order valence-corrected chi connectivity index (χ1v) is 14.2. The summed E-state index contributed by atoms with van der Waals surface area (Å²) in [5.41, 5.74) is -0.463. The van der Waals surface area contributed by atoms with Gasteiger partial charge in [-0.2, -0.15) is 11.8 Å². The van der Waals surface area contributed by atoms with Crippen LogP contribution in [0.4, 0.5) is 0 Å². The number of hydrogen-bond donors (Lipinski definition) is 3. The first-order chi connectivity index (χ1) is 16.6. The highest BCUT2D eigenvalue weighted by molar-refractivity contribution is 7.98. The second-order valence-corrected chi connectivity index (χ2v) is 12.3. The molecule has 8 nitrogen and oxygen atoms in total. The number of methoxy groups -OCH3 is 1. The van der Waals surface area contributed by atoms with Gasteiger partial charge in [0, 0.05) is 11.5 Å². The number of esters is 2. The number of cyclic esters (lactones) is 1. The summed E-state index contributed by atoms with van der Waals surface area (Å²) in [6.45, 7) is 5.13. The number of carbonyl (C=O) groups is 2. The van der Waals surface area contributed by atoms with Crippen molar-refractivity contribution < 1.29 is 34.0 Å². The summed E-state index contributed by atoms with van der Waals surface area (Å²) in [6.07, 6.45) is 7.67. The van der Waals surface area contributed by atoms with Gasteiger partial charge in [-0.25, -0.2) is 4.79 Å². The molecule has 1 saturated heterocycles. The molecule has 2 heterocycles. The van der Waals surface area contributed by atoms with E-state index in [-0.39, 0.29) is 54.0 Å². The fourth-order valence-electron chi connectivity index (χ4n) is 7.38. The number of aliphatic hydroxyl groups excluding tert-OH is 2.